The molecular formula is C22H18Cl2O. The van der Waals surface area contributed by atoms with E-state index in [0.29, 0.717) is 0 Å². The van der Waals surface area contributed by atoms with E-state index in [1.165, 1.54) is 0 Å². The van der Waals surface area contributed by atoms with Gasteiger partial charge in [-0.3, -0.25) is 0 Å². The molecule has 25 heavy (non-hydrogen) atoms. The normalized spacial score (nSPS) is 23.9. The minimum absolute atomic E-state index is 0.0136. The summed E-state index contributed by atoms with van der Waals surface area (Å²) in [6.45, 7) is 0. The average Bonchev–Trinajstić information content (AvgIpc) is 3.20. The van der Waals surface area contributed by atoms with Gasteiger partial charge in [-0.1, -0.05) is 96.0 Å². The SMILES string of the molecule is COc1ccc([C@@]2(c3ccccc3)[C@@H](c3ccccc3)C2(Cl)Cl)cc1. The second kappa shape index (κ2) is 6.09. The van der Waals surface area contributed by atoms with E-state index in [0.717, 1.165) is 22.4 Å². The molecule has 0 unspecified atom stereocenters. The molecule has 1 nitrogen and oxygen atoms in total. The third-order valence-electron chi connectivity index (χ3n) is 5.15. The lowest BCUT2D eigenvalue weighted by Crippen LogP contribution is -2.17. The van der Waals surface area contributed by atoms with Gasteiger partial charge in [0.1, 0.15) is 10.1 Å². The highest BCUT2D eigenvalue weighted by molar-refractivity contribution is 6.53. The van der Waals surface area contributed by atoms with Crippen LogP contribution in [-0.4, -0.2) is 11.4 Å². The smallest absolute Gasteiger partial charge is 0.140 e. The molecule has 3 heteroatoms. The lowest BCUT2D eigenvalue weighted by molar-refractivity contribution is 0.414. The van der Waals surface area contributed by atoms with Gasteiger partial charge in [-0.15, -0.1) is 0 Å². The molecule has 1 aliphatic carbocycles. The Morgan fingerprint density at radius 2 is 1.24 bits per heavy atom. The first-order valence-electron chi connectivity index (χ1n) is 8.25. The minimum atomic E-state index is -0.912. The molecule has 0 saturated heterocycles. The summed E-state index contributed by atoms with van der Waals surface area (Å²) in [6.07, 6.45) is 0. The highest BCUT2D eigenvalue weighted by Crippen LogP contribution is 2.77. The first kappa shape index (κ1) is 16.5. The first-order valence-corrected chi connectivity index (χ1v) is 9.01. The molecule has 0 bridgehead atoms. The average molecular weight is 369 g/mol. The number of halogens is 2. The molecule has 1 fully saturated rings. The maximum absolute atomic E-state index is 6.94. The van der Waals surface area contributed by atoms with Crippen molar-refractivity contribution in [3.05, 3.63) is 102 Å². The number of ether oxygens (including phenoxy) is 1. The van der Waals surface area contributed by atoms with Crippen LogP contribution in [0.15, 0.2) is 84.9 Å². The maximum Gasteiger partial charge on any atom is 0.140 e. The molecule has 0 aliphatic heterocycles. The van der Waals surface area contributed by atoms with Crippen LogP contribution in [0.2, 0.25) is 0 Å². The van der Waals surface area contributed by atoms with Gasteiger partial charge in [0.25, 0.3) is 0 Å². The van der Waals surface area contributed by atoms with Gasteiger partial charge in [0.15, 0.2) is 0 Å². The first-order chi connectivity index (χ1) is 12.1. The zero-order chi connectivity index (χ0) is 17.5. The van der Waals surface area contributed by atoms with E-state index in [1.54, 1.807) is 7.11 Å². The van der Waals surface area contributed by atoms with Gasteiger partial charge in [-0.05, 0) is 28.8 Å². The van der Waals surface area contributed by atoms with Gasteiger partial charge >= 0.3 is 0 Å². The maximum atomic E-state index is 6.94. The van der Waals surface area contributed by atoms with Gasteiger partial charge in [0, 0.05) is 5.92 Å². The second-order valence-electron chi connectivity index (χ2n) is 6.37. The van der Waals surface area contributed by atoms with Crippen LogP contribution in [0.5, 0.6) is 5.75 Å². The highest BCUT2D eigenvalue weighted by atomic mass is 35.5. The molecule has 2 atom stereocenters. The zero-order valence-corrected chi connectivity index (χ0v) is 15.3. The van der Waals surface area contributed by atoms with Crippen LogP contribution in [0.1, 0.15) is 22.6 Å². The summed E-state index contributed by atoms with van der Waals surface area (Å²) in [5.41, 5.74) is 2.88. The van der Waals surface area contributed by atoms with Crippen LogP contribution in [0.3, 0.4) is 0 Å². The van der Waals surface area contributed by atoms with Crippen LogP contribution in [0, 0.1) is 0 Å². The van der Waals surface area contributed by atoms with E-state index in [1.807, 2.05) is 48.5 Å². The number of rotatable bonds is 4. The number of alkyl halides is 2. The van der Waals surface area contributed by atoms with E-state index in [9.17, 15) is 0 Å². The van der Waals surface area contributed by atoms with Crippen molar-refractivity contribution in [2.45, 2.75) is 15.7 Å². The summed E-state index contributed by atoms with van der Waals surface area (Å²) >= 11 is 13.9. The summed E-state index contributed by atoms with van der Waals surface area (Å²) in [5.74, 6) is 0.805. The fourth-order valence-electron chi connectivity index (χ4n) is 3.95. The Kier molecular flexibility index (Phi) is 4.02. The van der Waals surface area contributed by atoms with Crippen LogP contribution in [0.25, 0.3) is 0 Å². The van der Waals surface area contributed by atoms with Gasteiger partial charge in [0.05, 0.1) is 12.5 Å². The summed E-state index contributed by atoms with van der Waals surface area (Å²) < 4.78 is 4.39. The second-order valence-corrected chi connectivity index (χ2v) is 7.76. The molecule has 4 rings (SSSR count). The molecule has 0 N–H and O–H groups in total. The zero-order valence-electron chi connectivity index (χ0n) is 13.8. The van der Waals surface area contributed by atoms with Crippen LogP contribution >= 0.6 is 23.2 Å². The minimum Gasteiger partial charge on any atom is -0.497 e. The van der Waals surface area contributed by atoms with Crippen LogP contribution < -0.4 is 4.74 Å². The van der Waals surface area contributed by atoms with Gasteiger partial charge < -0.3 is 4.74 Å². The third-order valence-corrected chi connectivity index (χ3v) is 6.18. The summed E-state index contributed by atoms with van der Waals surface area (Å²) in [6, 6.07) is 28.6. The topological polar surface area (TPSA) is 9.23 Å². The molecular weight excluding hydrogens is 351 g/mol. The molecule has 0 radical (unpaired) electrons. The number of methoxy groups -OCH3 is 1. The van der Waals surface area contributed by atoms with Crippen molar-refractivity contribution in [3.63, 3.8) is 0 Å². The highest BCUT2D eigenvalue weighted by Gasteiger charge is 2.77. The molecule has 3 aromatic rings. The fraction of sp³-hybridized carbons (Fsp3) is 0.182. The van der Waals surface area contributed by atoms with E-state index in [4.69, 9.17) is 27.9 Å². The van der Waals surface area contributed by atoms with Crippen molar-refractivity contribution >= 4 is 23.2 Å². The third kappa shape index (κ3) is 2.38. The molecule has 0 spiro atoms. The number of hydrogen-bond donors (Lipinski definition) is 0. The Bertz CT molecular complexity index is 860. The quantitative estimate of drug-likeness (QED) is 0.516. The molecule has 0 aromatic heterocycles. The molecule has 3 aromatic carbocycles. The molecule has 1 aliphatic rings. The van der Waals surface area contributed by atoms with Crippen molar-refractivity contribution in [2.75, 3.05) is 7.11 Å². The summed E-state index contributed by atoms with van der Waals surface area (Å²) in [7, 11) is 1.67. The Hall–Kier alpha value is -1.96. The van der Waals surface area contributed by atoms with E-state index < -0.39 is 9.75 Å². The van der Waals surface area contributed by atoms with Crippen LogP contribution in [-0.2, 0) is 5.41 Å². The van der Waals surface area contributed by atoms with Crippen molar-refractivity contribution < 1.29 is 4.74 Å². The Morgan fingerprint density at radius 1 is 0.720 bits per heavy atom. The lowest BCUT2D eigenvalue weighted by atomic mass is 9.84. The Morgan fingerprint density at radius 3 is 1.80 bits per heavy atom. The lowest BCUT2D eigenvalue weighted by Gasteiger charge is -2.20. The standard InChI is InChI=1S/C22H18Cl2O/c1-25-19-14-12-18(13-15-19)21(17-10-6-3-7-11-17)20(22(21,23)24)16-8-4-2-5-9-16/h2-15,20H,1H3/t20-,21+/m1/s1. The molecule has 1 saturated carbocycles. The van der Waals surface area contributed by atoms with Crippen molar-refractivity contribution in [1.29, 1.82) is 0 Å². The summed E-state index contributed by atoms with van der Waals surface area (Å²) in [5, 5.41) is 0. The Balaban J connectivity index is 1.92. The fourth-order valence-corrected chi connectivity index (χ4v) is 5.07. The monoisotopic (exact) mass is 368 g/mol. The van der Waals surface area contributed by atoms with E-state index in [-0.39, 0.29) is 5.92 Å². The summed E-state index contributed by atoms with van der Waals surface area (Å²) in [4.78, 5) is 0. The van der Waals surface area contributed by atoms with E-state index >= 15 is 0 Å². The van der Waals surface area contributed by atoms with Crippen molar-refractivity contribution in [2.24, 2.45) is 0 Å². The van der Waals surface area contributed by atoms with Gasteiger partial charge in [-0.25, -0.2) is 0 Å². The number of hydrogen-bond acceptors (Lipinski definition) is 1. The molecule has 0 heterocycles. The molecule has 126 valence electrons. The largest absolute Gasteiger partial charge is 0.497 e. The van der Waals surface area contributed by atoms with Gasteiger partial charge in [-0.2, -0.15) is 0 Å². The van der Waals surface area contributed by atoms with Crippen molar-refractivity contribution in [3.8, 4) is 5.75 Å². The van der Waals surface area contributed by atoms with E-state index in [2.05, 4.69) is 36.4 Å². The van der Waals surface area contributed by atoms with Crippen LogP contribution in [0.4, 0.5) is 0 Å². The predicted molar refractivity (Wildman–Crippen MR) is 104 cm³/mol. The Labute approximate surface area is 158 Å². The van der Waals surface area contributed by atoms with Crippen molar-refractivity contribution in [1.82, 2.24) is 0 Å². The molecule has 0 amide bonds. The predicted octanol–water partition coefficient (Wildman–Crippen LogP) is 5.95. The number of benzene rings is 3. The van der Waals surface area contributed by atoms with Gasteiger partial charge in [0.2, 0.25) is 0 Å².